The summed E-state index contributed by atoms with van der Waals surface area (Å²) in [5.74, 6) is 0. The van der Waals surface area contributed by atoms with Gasteiger partial charge in [-0.2, -0.15) is 0 Å². The van der Waals surface area contributed by atoms with E-state index in [2.05, 4.69) is 26.9 Å². The van der Waals surface area contributed by atoms with Crippen molar-refractivity contribution in [2.45, 2.75) is 24.9 Å². The fourth-order valence-corrected chi connectivity index (χ4v) is 3.20. The van der Waals surface area contributed by atoms with Crippen molar-refractivity contribution < 1.29 is 5.11 Å². The molecule has 2 rings (SSSR count). The first-order chi connectivity index (χ1) is 8.27. The van der Waals surface area contributed by atoms with Crippen molar-refractivity contribution in [2.75, 3.05) is 19.7 Å². The van der Waals surface area contributed by atoms with Crippen LogP contribution in [0.1, 0.15) is 24.4 Å². The van der Waals surface area contributed by atoms with Crippen LogP contribution in [0.3, 0.4) is 0 Å². The minimum atomic E-state index is 0.199. The van der Waals surface area contributed by atoms with Gasteiger partial charge in [-0.3, -0.25) is 4.90 Å². The van der Waals surface area contributed by atoms with Crippen molar-refractivity contribution in [3.8, 4) is 0 Å². The van der Waals surface area contributed by atoms with Gasteiger partial charge < -0.3 is 10.8 Å². The molecule has 3 nitrogen and oxygen atoms in total. The van der Waals surface area contributed by atoms with Crippen LogP contribution in [0, 0.1) is 0 Å². The van der Waals surface area contributed by atoms with Crippen LogP contribution >= 0.6 is 15.9 Å². The van der Waals surface area contributed by atoms with E-state index in [1.807, 2.05) is 18.2 Å². The Morgan fingerprint density at radius 3 is 2.88 bits per heavy atom. The number of rotatable bonds is 4. The quantitative estimate of drug-likeness (QED) is 0.893. The van der Waals surface area contributed by atoms with Crippen LogP contribution in [-0.2, 0) is 0 Å². The maximum atomic E-state index is 9.40. The van der Waals surface area contributed by atoms with E-state index in [1.54, 1.807) is 0 Å². The third-order valence-corrected chi connectivity index (χ3v) is 4.24. The van der Waals surface area contributed by atoms with E-state index in [0.717, 1.165) is 23.9 Å². The van der Waals surface area contributed by atoms with Gasteiger partial charge in [0.2, 0.25) is 0 Å². The molecule has 0 radical (unpaired) electrons. The molecule has 1 aliphatic rings. The molecule has 0 amide bonds. The fraction of sp³-hybridized carbons (Fsp3) is 0.538. The average Bonchev–Trinajstić information content (AvgIpc) is 2.81. The van der Waals surface area contributed by atoms with Crippen molar-refractivity contribution >= 4 is 15.9 Å². The lowest BCUT2D eigenvalue weighted by molar-refractivity contribution is 0.121. The van der Waals surface area contributed by atoms with Gasteiger partial charge in [0, 0.05) is 23.1 Å². The second-order valence-electron chi connectivity index (χ2n) is 4.49. The molecule has 1 aliphatic heterocycles. The fourth-order valence-electron chi connectivity index (χ4n) is 2.65. The third-order valence-electron chi connectivity index (χ3n) is 3.52. The summed E-state index contributed by atoms with van der Waals surface area (Å²) in [5.41, 5.74) is 7.14. The van der Waals surface area contributed by atoms with Crippen molar-refractivity contribution in [1.82, 2.24) is 4.90 Å². The van der Waals surface area contributed by atoms with Crippen LogP contribution in [0.25, 0.3) is 0 Å². The van der Waals surface area contributed by atoms with E-state index >= 15 is 0 Å². The Kier molecular flexibility index (Phi) is 4.56. The van der Waals surface area contributed by atoms with Crippen molar-refractivity contribution in [1.29, 1.82) is 0 Å². The van der Waals surface area contributed by atoms with Crippen LogP contribution in [0.2, 0.25) is 0 Å². The molecule has 1 saturated heterocycles. The largest absolute Gasteiger partial charge is 0.395 e. The highest BCUT2D eigenvalue weighted by molar-refractivity contribution is 9.10. The van der Waals surface area contributed by atoms with Crippen molar-refractivity contribution in [3.63, 3.8) is 0 Å². The SMILES string of the molecule is NCC(c1ccccc1Br)N1CCCC1CO. The average molecular weight is 299 g/mol. The van der Waals surface area contributed by atoms with Gasteiger partial charge in [-0.1, -0.05) is 34.1 Å². The summed E-state index contributed by atoms with van der Waals surface area (Å²) in [6.07, 6.45) is 2.21. The first kappa shape index (κ1) is 13.0. The molecular weight excluding hydrogens is 280 g/mol. The maximum Gasteiger partial charge on any atom is 0.0587 e. The summed E-state index contributed by atoms with van der Waals surface area (Å²) >= 11 is 3.58. The van der Waals surface area contributed by atoms with Crippen molar-refractivity contribution in [3.05, 3.63) is 34.3 Å². The number of hydrogen-bond donors (Lipinski definition) is 2. The Hall–Kier alpha value is -0.420. The minimum Gasteiger partial charge on any atom is -0.395 e. The summed E-state index contributed by atoms with van der Waals surface area (Å²) < 4.78 is 1.10. The van der Waals surface area contributed by atoms with Gasteiger partial charge in [0.1, 0.15) is 0 Å². The van der Waals surface area contributed by atoms with Gasteiger partial charge in [-0.05, 0) is 31.0 Å². The summed E-state index contributed by atoms with van der Waals surface area (Å²) in [4.78, 5) is 2.33. The topological polar surface area (TPSA) is 49.5 Å². The summed E-state index contributed by atoms with van der Waals surface area (Å²) in [7, 11) is 0. The van der Waals surface area contributed by atoms with Gasteiger partial charge >= 0.3 is 0 Å². The van der Waals surface area contributed by atoms with Gasteiger partial charge in [0.25, 0.3) is 0 Å². The molecule has 94 valence electrons. The lowest BCUT2D eigenvalue weighted by Crippen LogP contribution is -2.39. The van der Waals surface area contributed by atoms with E-state index in [4.69, 9.17) is 5.73 Å². The van der Waals surface area contributed by atoms with Crippen LogP contribution < -0.4 is 5.73 Å². The standard InChI is InChI=1S/C13H19BrN2O/c14-12-6-2-1-5-11(12)13(8-15)16-7-3-4-10(16)9-17/h1-2,5-6,10,13,17H,3-4,7-9,15H2. The van der Waals surface area contributed by atoms with Crippen LogP contribution in [0.4, 0.5) is 0 Å². The van der Waals surface area contributed by atoms with E-state index in [0.29, 0.717) is 6.54 Å². The molecule has 0 aromatic heterocycles. The van der Waals surface area contributed by atoms with Crippen molar-refractivity contribution in [2.24, 2.45) is 5.73 Å². The number of aliphatic hydroxyl groups excluding tert-OH is 1. The lowest BCUT2D eigenvalue weighted by atomic mass is 10.0. The van der Waals surface area contributed by atoms with Gasteiger partial charge in [0.15, 0.2) is 0 Å². The molecule has 1 aromatic rings. The molecule has 0 bridgehead atoms. The Labute approximate surface area is 111 Å². The van der Waals surface area contributed by atoms with E-state index in [1.165, 1.54) is 5.56 Å². The molecule has 0 aliphatic carbocycles. The Morgan fingerprint density at radius 2 is 2.24 bits per heavy atom. The maximum absolute atomic E-state index is 9.40. The molecule has 3 N–H and O–H groups in total. The molecule has 17 heavy (non-hydrogen) atoms. The Bertz CT molecular complexity index is 372. The van der Waals surface area contributed by atoms with E-state index < -0.39 is 0 Å². The molecule has 2 atom stereocenters. The smallest absolute Gasteiger partial charge is 0.0587 e. The molecule has 4 heteroatoms. The summed E-state index contributed by atoms with van der Waals surface area (Å²) in [5, 5.41) is 9.40. The molecular formula is C13H19BrN2O. The zero-order valence-corrected chi connectivity index (χ0v) is 11.4. The predicted octanol–water partition coefficient (Wildman–Crippen LogP) is 1.91. The first-order valence-corrected chi connectivity index (χ1v) is 6.88. The van der Waals surface area contributed by atoms with Gasteiger partial charge in [-0.15, -0.1) is 0 Å². The second-order valence-corrected chi connectivity index (χ2v) is 5.34. The highest BCUT2D eigenvalue weighted by Crippen LogP contribution is 2.32. The highest BCUT2D eigenvalue weighted by atomic mass is 79.9. The monoisotopic (exact) mass is 298 g/mol. The summed E-state index contributed by atoms with van der Waals surface area (Å²) in [6, 6.07) is 8.65. The van der Waals surface area contributed by atoms with E-state index in [9.17, 15) is 5.11 Å². The Balaban J connectivity index is 2.24. The number of halogens is 1. The zero-order valence-electron chi connectivity index (χ0n) is 9.85. The third kappa shape index (κ3) is 2.71. The summed E-state index contributed by atoms with van der Waals surface area (Å²) in [6.45, 7) is 1.83. The number of benzene rings is 1. The highest BCUT2D eigenvalue weighted by Gasteiger charge is 2.30. The van der Waals surface area contributed by atoms with E-state index in [-0.39, 0.29) is 18.7 Å². The molecule has 1 heterocycles. The predicted molar refractivity (Wildman–Crippen MR) is 72.8 cm³/mol. The molecule has 2 unspecified atom stereocenters. The van der Waals surface area contributed by atoms with Crippen LogP contribution in [-0.4, -0.2) is 35.7 Å². The molecule has 1 aromatic carbocycles. The number of likely N-dealkylation sites (tertiary alicyclic amines) is 1. The molecule has 1 fully saturated rings. The number of hydrogen-bond acceptors (Lipinski definition) is 3. The van der Waals surface area contributed by atoms with Crippen LogP contribution in [0.5, 0.6) is 0 Å². The lowest BCUT2D eigenvalue weighted by Gasteiger charge is -2.32. The zero-order chi connectivity index (χ0) is 12.3. The normalized spacial score (nSPS) is 22.9. The number of nitrogens with two attached hydrogens (primary N) is 1. The first-order valence-electron chi connectivity index (χ1n) is 6.09. The van der Waals surface area contributed by atoms with Crippen LogP contribution in [0.15, 0.2) is 28.7 Å². The Morgan fingerprint density at radius 1 is 1.47 bits per heavy atom. The second kappa shape index (κ2) is 5.96. The van der Waals surface area contributed by atoms with Gasteiger partial charge in [-0.25, -0.2) is 0 Å². The number of aliphatic hydroxyl groups is 1. The molecule has 0 spiro atoms. The minimum absolute atomic E-state index is 0.199. The number of nitrogens with zero attached hydrogens (tertiary/aromatic N) is 1. The molecule has 0 saturated carbocycles. The van der Waals surface area contributed by atoms with Gasteiger partial charge in [0.05, 0.1) is 6.61 Å².